The summed E-state index contributed by atoms with van der Waals surface area (Å²) in [4.78, 5) is 26.5. The minimum atomic E-state index is -3.74. The van der Waals surface area contributed by atoms with Crippen LogP contribution < -0.4 is 0 Å². The number of esters is 1. The Hall–Kier alpha value is -2.82. The standard InChI is InChI=1S/C24H29FN2O6S/c1-16-13-27(14-17(2)32-16)34(30,31)22-10-8-20(9-11-22)24(29)33-18(3)23(28)26(4)15-19-6-5-7-21(25)12-19/h5-12,16-18H,13-15H2,1-4H3. The summed E-state index contributed by atoms with van der Waals surface area (Å²) in [6.07, 6.45) is -1.51. The number of sulfonamides is 1. The predicted octanol–water partition coefficient (Wildman–Crippen LogP) is 2.83. The van der Waals surface area contributed by atoms with Crippen LogP contribution in [-0.4, -0.2) is 67.9 Å². The molecule has 2 aromatic rings. The van der Waals surface area contributed by atoms with Crippen molar-refractivity contribution in [3.63, 3.8) is 0 Å². The van der Waals surface area contributed by atoms with Gasteiger partial charge >= 0.3 is 5.97 Å². The molecule has 0 N–H and O–H groups in total. The number of hydrogen-bond donors (Lipinski definition) is 0. The Balaban J connectivity index is 1.62. The number of carbonyl (C=O) groups is 2. The van der Waals surface area contributed by atoms with Crippen LogP contribution in [0.15, 0.2) is 53.4 Å². The number of morpholine rings is 1. The minimum absolute atomic E-state index is 0.0595. The number of amides is 1. The summed E-state index contributed by atoms with van der Waals surface area (Å²) < 4.78 is 51.5. The van der Waals surface area contributed by atoms with Crippen LogP contribution in [0, 0.1) is 5.82 Å². The maximum Gasteiger partial charge on any atom is 0.338 e. The van der Waals surface area contributed by atoms with E-state index in [0.29, 0.717) is 5.56 Å². The van der Waals surface area contributed by atoms with Crippen molar-refractivity contribution < 1.29 is 31.9 Å². The third-order valence-electron chi connectivity index (χ3n) is 5.43. The average Bonchev–Trinajstić information content (AvgIpc) is 2.77. The van der Waals surface area contributed by atoms with Crippen LogP contribution in [0.3, 0.4) is 0 Å². The smallest absolute Gasteiger partial charge is 0.338 e. The Morgan fingerprint density at radius 2 is 1.76 bits per heavy atom. The second kappa shape index (κ2) is 10.6. The Morgan fingerprint density at radius 3 is 2.35 bits per heavy atom. The SMILES string of the molecule is CC1CN(S(=O)(=O)c2ccc(C(=O)OC(C)C(=O)N(C)Cc3cccc(F)c3)cc2)CC(C)O1. The van der Waals surface area contributed by atoms with E-state index < -0.39 is 33.8 Å². The summed E-state index contributed by atoms with van der Waals surface area (Å²) in [6.45, 7) is 5.73. The zero-order chi connectivity index (χ0) is 25.0. The molecule has 184 valence electrons. The fourth-order valence-electron chi connectivity index (χ4n) is 3.82. The maximum absolute atomic E-state index is 13.4. The van der Waals surface area contributed by atoms with E-state index in [1.165, 1.54) is 59.6 Å². The number of ether oxygens (including phenoxy) is 2. The molecule has 1 fully saturated rings. The van der Waals surface area contributed by atoms with Gasteiger partial charge in [-0.3, -0.25) is 4.79 Å². The summed E-state index contributed by atoms with van der Waals surface area (Å²) in [7, 11) is -2.20. The van der Waals surface area contributed by atoms with Crippen molar-refractivity contribution in [2.75, 3.05) is 20.1 Å². The molecular weight excluding hydrogens is 463 g/mol. The van der Waals surface area contributed by atoms with Crippen molar-refractivity contribution in [3.05, 3.63) is 65.5 Å². The Bertz CT molecular complexity index is 1130. The molecule has 3 atom stereocenters. The normalized spacial score (nSPS) is 19.9. The quantitative estimate of drug-likeness (QED) is 0.552. The van der Waals surface area contributed by atoms with E-state index >= 15 is 0 Å². The lowest BCUT2D eigenvalue weighted by atomic mass is 10.2. The molecule has 0 radical (unpaired) electrons. The number of likely N-dealkylation sites (N-methyl/N-ethyl adjacent to an activating group) is 1. The van der Waals surface area contributed by atoms with Gasteiger partial charge in [0, 0.05) is 26.7 Å². The van der Waals surface area contributed by atoms with Gasteiger partial charge in [0.1, 0.15) is 5.82 Å². The zero-order valence-corrected chi connectivity index (χ0v) is 20.4. The number of hydrogen-bond acceptors (Lipinski definition) is 6. The molecule has 0 aliphatic carbocycles. The summed E-state index contributed by atoms with van der Waals surface area (Å²) in [5.74, 6) is -1.61. The molecule has 1 aliphatic rings. The zero-order valence-electron chi connectivity index (χ0n) is 19.6. The van der Waals surface area contributed by atoms with Gasteiger partial charge in [-0.25, -0.2) is 17.6 Å². The highest BCUT2D eigenvalue weighted by Crippen LogP contribution is 2.22. The molecule has 3 rings (SSSR count). The highest BCUT2D eigenvalue weighted by molar-refractivity contribution is 7.89. The Labute approximate surface area is 199 Å². The van der Waals surface area contributed by atoms with Crippen LogP contribution >= 0.6 is 0 Å². The Morgan fingerprint density at radius 1 is 1.15 bits per heavy atom. The molecule has 2 aromatic carbocycles. The van der Waals surface area contributed by atoms with Crippen LogP contribution in [0.1, 0.15) is 36.7 Å². The fourth-order valence-corrected chi connectivity index (χ4v) is 5.41. The van der Waals surface area contributed by atoms with Crippen LogP contribution in [0.5, 0.6) is 0 Å². The van der Waals surface area contributed by atoms with E-state index in [1.54, 1.807) is 12.1 Å². The molecule has 10 heteroatoms. The molecule has 1 saturated heterocycles. The monoisotopic (exact) mass is 492 g/mol. The molecule has 0 spiro atoms. The van der Waals surface area contributed by atoms with Crippen LogP contribution in [0.2, 0.25) is 0 Å². The van der Waals surface area contributed by atoms with Crippen molar-refractivity contribution in [2.24, 2.45) is 0 Å². The van der Waals surface area contributed by atoms with Crippen molar-refractivity contribution in [2.45, 2.75) is 50.5 Å². The third kappa shape index (κ3) is 6.19. The number of carbonyl (C=O) groups excluding carboxylic acids is 2. The molecule has 3 unspecified atom stereocenters. The highest BCUT2D eigenvalue weighted by Gasteiger charge is 2.32. The van der Waals surface area contributed by atoms with E-state index in [-0.39, 0.29) is 42.3 Å². The lowest BCUT2D eigenvalue weighted by molar-refractivity contribution is -0.139. The molecular formula is C24H29FN2O6S. The summed E-state index contributed by atoms with van der Waals surface area (Å²) in [6, 6.07) is 11.3. The van der Waals surface area contributed by atoms with Gasteiger partial charge in [-0.2, -0.15) is 4.31 Å². The summed E-state index contributed by atoms with van der Waals surface area (Å²) in [5.41, 5.74) is 0.727. The molecule has 34 heavy (non-hydrogen) atoms. The summed E-state index contributed by atoms with van der Waals surface area (Å²) in [5, 5.41) is 0. The third-order valence-corrected chi connectivity index (χ3v) is 7.28. The minimum Gasteiger partial charge on any atom is -0.449 e. The van der Waals surface area contributed by atoms with Gasteiger partial charge in [0.15, 0.2) is 6.10 Å². The Kier molecular flexibility index (Phi) is 8.06. The van der Waals surface area contributed by atoms with Gasteiger partial charge in [-0.05, 0) is 62.7 Å². The molecule has 1 amide bonds. The number of rotatable bonds is 7. The highest BCUT2D eigenvalue weighted by atomic mass is 32.2. The fraction of sp³-hybridized carbons (Fsp3) is 0.417. The van der Waals surface area contributed by atoms with Crippen molar-refractivity contribution >= 4 is 21.9 Å². The van der Waals surface area contributed by atoms with Crippen molar-refractivity contribution in [1.82, 2.24) is 9.21 Å². The first-order chi connectivity index (χ1) is 16.0. The van der Waals surface area contributed by atoms with Crippen molar-refractivity contribution in [1.29, 1.82) is 0 Å². The topological polar surface area (TPSA) is 93.2 Å². The van der Waals surface area contributed by atoms with Crippen molar-refractivity contribution in [3.8, 4) is 0 Å². The molecule has 8 nitrogen and oxygen atoms in total. The van der Waals surface area contributed by atoms with Gasteiger partial charge in [-0.1, -0.05) is 12.1 Å². The number of nitrogens with zero attached hydrogens (tertiary/aromatic N) is 2. The average molecular weight is 493 g/mol. The van der Waals surface area contributed by atoms with Gasteiger partial charge in [0.05, 0.1) is 22.7 Å². The van der Waals surface area contributed by atoms with E-state index in [4.69, 9.17) is 9.47 Å². The molecule has 1 aliphatic heterocycles. The van der Waals surface area contributed by atoms with Crippen LogP contribution in [0.4, 0.5) is 4.39 Å². The first-order valence-electron chi connectivity index (χ1n) is 10.9. The molecule has 0 saturated carbocycles. The van der Waals surface area contributed by atoms with E-state index in [2.05, 4.69) is 0 Å². The van der Waals surface area contributed by atoms with E-state index in [1.807, 2.05) is 13.8 Å². The first-order valence-corrected chi connectivity index (χ1v) is 12.4. The van der Waals surface area contributed by atoms with E-state index in [0.717, 1.165) is 0 Å². The van der Waals surface area contributed by atoms with Gasteiger partial charge in [-0.15, -0.1) is 0 Å². The van der Waals surface area contributed by atoms with Gasteiger partial charge in [0.2, 0.25) is 10.0 Å². The largest absolute Gasteiger partial charge is 0.449 e. The second-order valence-corrected chi connectivity index (χ2v) is 10.4. The molecule has 0 bridgehead atoms. The number of benzene rings is 2. The van der Waals surface area contributed by atoms with E-state index in [9.17, 15) is 22.4 Å². The second-order valence-electron chi connectivity index (χ2n) is 8.48. The van der Waals surface area contributed by atoms with Crippen LogP contribution in [-0.2, 0) is 30.8 Å². The predicted molar refractivity (Wildman–Crippen MR) is 123 cm³/mol. The van der Waals surface area contributed by atoms with Crippen LogP contribution in [0.25, 0.3) is 0 Å². The maximum atomic E-state index is 13.4. The lowest BCUT2D eigenvalue weighted by Crippen LogP contribution is -2.48. The number of halogens is 1. The molecule has 0 aromatic heterocycles. The van der Waals surface area contributed by atoms with Gasteiger partial charge in [0.25, 0.3) is 5.91 Å². The first kappa shape index (κ1) is 25.8. The van der Waals surface area contributed by atoms with Gasteiger partial charge < -0.3 is 14.4 Å². The summed E-state index contributed by atoms with van der Waals surface area (Å²) >= 11 is 0. The molecule has 1 heterocycles. The lowest BCUT2D eigenvalue weighted by Gasteiger charge is -2.34.